The van der Waals surface area contributed by atoms with Gasteiger partial charge in [-0.25, -0.2) is 9.36 Å². The molecule has 0 saturated carbocycles. The zero-order valence-corrected chi connectivity index (χ0v) is 48.6. The summed E-state index contributed by atoms with van der Waals surface area (Å²) < 4.78 is 94.2. The highest BCUT2D eigenvalue weighted by atomic mass is 19.1. The van der Waals surface area contributed by atoms with E-state index in [1.165, 1.54) is 0 Å². The van der Waals surface area contributed by atoms with Crippen molar-refractivity contribution in [2.24, 2.45) is 0 Å². The molecule has 8 heterocycles. The fourth-order valence-corrected chi connectivity index (χ4v) is 9.82. The molecule has 6 fully saturated rings. The molecule has 10 rings (SSSR count). The summed E-state index contributed by atoms with van der Waals surface area (Å²) in [7, 11) is -2.21. The molecule has 0 spiro atoms. The lowest BCUT2D eigenvalue weighted by Gasteiger charge is -2.32. The highest BCUT2D eigenvalue weighted by molar-refractivity contribution is 7.11. The first-order valence-electron chi connectivity index (χ1n) is 27.6. The predicted octanol–water partition coefficient (Wildman–Crippen LogP) is 12.2. The van der Waals surface area contributed by atoms with E-state index in [4.69, 9.17) is 46.7 Å². The second kappa shape index (κ2) is 21.5. The van der Waals surface area contributed by atoms with E-state index in [9.17, 15) is 4.39 Å². The van der Waals surface area contributed by atoms with Crippen LogP contribution in [0.25, 0.3) is 27.3 Å². The van der Waals surface area contributed by atoms with Crippen molar-refractivity contribution in [3.05, 3.63) is 64.9 Å². The van der Waals surface area contributed by atoms with Crippen molar-refractivity contribution in [3.63, 3.8) is 0 Å². The van der Waals surface area contributed by atoms with Gasteiger partial charge in [0, 0.05) is 25.2 Å². The largest absolute Gasteiger partial charge is 0.494 e. The van der Waals surface area contributed by atoms with Crippen molar-refractivity contribution < 1.29 is 55.5 Å². The maximum atomic E-state index is 15.3. The second-order valence-corrected chi connectivity index (χ2v) is 25.0. The molecule has 20 heteroatoms. The number of benzene rings is 2. The maximum absolute atomic E-state index is 15.3. The first-order chi connectivity index (χ1) is 35.3. The van der Waals surface area contributed by atoms with Crippen LogP contribution < -0.4 is 0 Å². The number of fused-ring (bicyclic) bond motifs is 2. The lowest BCUT2D eigenvalue weighted by atomic mass is 9.49. The van der Waals surface area contributed by atoms with Crippen LogP contribution in [0.5, 0.6) is 0 Å². The molecule has 0 amide bonds. The number of hydrogen-bond acceptors (Lipinski definition) is 12. The van der Waals surface area contributed by atoms with E-state index in [2.05, 4.69) is 29.0 Å². The molecule has 6 saturated heterocycles. The first-order valence-corrected chi connectivity index (χ1v) is 27.6. The Balaban J connectivity index is 0.000000168. The number of aromatic nitrogens is 4. The maximum Gasteiger partial charge on any atom is 0.494 e. The van der Waals surface area contributed by atoms with Crippen LogP contribution in [-0.4, -0.2) is 106 Å². The van der Waals surface area contributed by atoms with E-state index in [0.29, 0.717) is 35.9 Å². The van der Waals surface area contributed by atoms with E-state index < -0.39 is 62.6 Å². The van der Waals surface area contributed by atoms with E-state index >= 15 is 4.39 Å². The van der Waals surface area contributed by atoms with Gasteiger partial charge in [0.2, 0.25) is 11.9 Å². The number of hydrogen-bond donors (Lipinski definition) is 0. The topological polar surface area (TPSA) is 128 Å². The van der Waals surface area contributed by atoms with Crippen LogP contribution in [0.3, 0.4) is 0 Å². The van der Waals surface area contributed by atoms with E-state index in [1.807, 2.05) is 148 Å². The lowest BCUT2D eigenvalue weighted by molar-refractivity contribution is -0.0376. The fraction of sp³-hybridized carbons (Fsp3) is 0.679. The minimum atomic E-state index is -0.675. The Morgan fingerprint density at radius 3 is 1.33 bits per heavy atom. The SMILES string of the molecule is CC/C(B1OC(C)(C)C(C)(C)O1)=C(/B1OC(C)(C)C(C)(C)O1)c1ccc2c(c1)c(F)nn2C1CCCCO1.CC1(C)OB(B2OC(C)(C)C(C)(C)O2)OC1(C)C.CCC#Cc1ccc2c(c1)c(F)nn2C1CCCCO1. The Hall–Kier alpha value is -3.60. The van der Waals surface area contributed by atoms with Crippen LogP contribution >= 0.6 is 0 Å². The summed E-state index contributed by atoms with van der Waals surface area (Å²) in [4.78, 5) is 0. The van der Waals surface area contributed by atoms with Crippen LogP contribution in [0, 0.1) is 23.7 Å². The average molecular weight is 1050 g/mol. The molecule has 4 aromatic rings. The Morgan fingerprint density at radius 1 is 0.539 bits per heavy atom. The lowest BCUT2D eigenvalue weighted by Crippen LogP contribution is -2.41. The standard InChI is InChI=1S/C28H41B2FN2O5.C16H17FN2O.C12H24B2O4/c1-10-20(29-35-25(2,3)26(4,5)36-29)23(30-37-27(6,7)28(8,9)38-30)18-14-15-21-19(17-18)24(31)32-33(21)22-13-11-12-16-34-22;1-2-3-6-12-8-9-14-13(11-12)16(17)18-19(14)15-7-4-5-10-20-15;1-9(2)10(3,4)16-13(15-9)14-17-11(5,6)12(7,8)18-14/h14-15,17,22H,10-13,16H2,1-9H3;8-9,11,15H,2,4-5,7,10H2,1H3;1-8H3/b23-20-;;. The van der Waals surface area contributed by atoms with Crippen LogP contribution in [0.15, 0.2) is 41.9 Å². The van der Waals surface area contributed by atoms with Crippen molar-refractivity contribution in [1.29, 1.82) is 0 Å². The van der Waals surface area contributed by atoms with Crippen molar-refractivity contribution in [1.82, 2.24) is 19.6 Å². The van der Waals surface area contributed by atoms with Gasteiger partial charge in [-0.3, -0.25) is 0 Å². The minimum Gasteiger partial charge on any atom is -0.405 e. The number of nitrogens with zero attached hydrogens (tertiary/aromatic N) is 4. The van der Waals surface area contributed by atoms with E-state index in [-0.39, 0.29) is 34.9 Å². The molecule has 0 radical (unpaired) electrons. The summed E-state index contributed by atoms with van der Waals surface area (Å²) in [6.45, 7) is 37.9. The fourth-order valence-electron chi connectivity index (χ4n) is 9.82. The first kappa shape index (κ1) is 58.5. The Bertz CT molecular complexity index is 2740. The number of ether oxygens (including phenoxy) is 2. The average Bonchev–Trinajstić information content (AvgIpc) is 4.10. The molecule has 6 aliphatic heterocycles. The zero-order valence-electron chi connectivity index (χ0n) is 48.6. The third-order valence-corrected chi connectivity index (χ3v) is 17.4. The van der Waals surface area contributed by atoms with E-state index in [1.54, 1.807) is 15.4 Å². The molecule has 6 aliphatic rings. The smallest absolute Gasteiger partial charge is 0.405 e. The van der Waals surface area contributed by atoms with Crippen molar-refractivity contribution in [2.75, 3.05) is 13.2 Å². The van der Waals surface area contributed by atoms with Gasteiger partial charge in [-0.1, -0.05) is 31.8 Å². The molecule has 412 valence electrons. The van der Waals surface area contributed by atoms with Crippen LogP contribution in [0.1, 0.15) is 200 Å². The number of rotatable bonds is 7. The van der Waals surface area contributed by atoms with Gasteiger partial charge in [0.15, 0.2) is 12.5 Å². The molecule has 2 unspecified atom stereocenters. The van der Waals surface area contributed by atoms with Gasteiger partial charge < -0.3 is 46.7 Å². The summed E-state index contributed by atoms with van der Waals surface area (Å²) in [5.74, 6) is 5.05. The molecule has 0 N–H and O–H groups in total. The second-order valence-electron chi connectivity index (χ2n) is 25.0. The van der Waals surface area contributed by atoms with E-state index in [0.717, 1.165) is 72.5 Å². The molecule has 14 nitrogen and oxygen atoms in total. The summed E-state index contributed by atoms with van der Waals surface area (Å²) in [5, 5.41) is 9.20. The van der Waals surface area contributed by atoms with Gasteiger partial charge in [-0.05, 0) is 203 Å². The Kier molecular flexibility index (Phi) is 16.5. The van der Waals surface area contributed by atoms with Crippen molar-refractivity contribution in [3.8, 4) is 11.8 Å². The Morgan fingerprint density at radius 2 is 0.934 bits per heavy atom. The van der Waals surface area contributed by atoms with Crippen LogP contribution in [0.4, 0.5) is 8.78 Å². The molecular weight excluding hydrogens is 970 g/mol. The van der Waals surface area contributed by atoms with Gasteiger partial charge in [0.1, 0.15) is 0 Å². The number of allylic oxidation sites excluding steroid dienone is 1. The van der Waals surface area contributed by atoms with Gasteiger partial charge in [-0.2, -0.15) is 8.78 Å². The third kappa shape index (κ3) is 11.4. The molecule has 2 atom stereocenters. The minimum absolute atomic E-state index is 0.150. The quantitative estimate of drug-likeness (QED) is 0.129. The number of halogens is 2. The summed E-state index contributed by atoms with van der Waals surface area (Å²) in [5.41, 5.74) is 1.30. The van der Waals surface area contributed by atoms with Crippen LogP contribution in [-0.2, 0) is 46.7 Å². The highest BCUT2D eigenvalue weighted by Crippen LogP contribution is 2.47. The highest BCUT2D eigenvalue weighted by Gasteiger charge is 2.64. The molecule has 2 aromatic carbocycles. The summed E-state index contributed by atoms with van der Waals surface area (Å²) >= 11 is 0. The van der Waals surface area contributed by atoms with Gasteiger partial charge >= 0.3 is 28.3 Å². The Labute approximate surface area is 452 Å². The van der Waals surface area contributed by atoms with Crippen molar-refractivity contribution in [2.45, 2.75) is 233 Å². The molecule has 76 heavy (non-hydrogen) atoms. The molecular formula is C56H82B4F2N4O10. The molecule has 0 aliphatic carbocycles. The van der Waals surface area contributed by atoms with Crippen LogP contribution in [0.2, 0.25) is 0 Å². The monoisotopic (exact) mass is 1050 g/mol. The van der Waals surface area contributed by atoms with Crippen molar-refractivity contribution >= 4 is 55.5 Å². The van der Waals surface area contributed by atoms with Gasteiger partial charge in [0.05, 0.1) is 66.6 Å². The zero-order chi connectivity index (χ0) is 55.6. The summed E-state index contributed by atoms with van der Waals surface area (Å²) in [6, 6.07) is 11.3. The van der Waals surface area contributed by atoms with Gasteiger partial charge in [0.25, 0.3) is 0 Å². The third-order valence-electron chi connectivity index (χ3n) is 17.4. The molecule has 2 aromatic heterocycles. The predicted molar refractivity (Wildman–Crippen MR) is 296 cm³/mol. The summed E-state index contributed by atoms with van der Waals surface area (Å²) in [6.07, 6.45) is 6.94. The molecule has 0 bridgehead atoms. The van der Waals surface area contributed by atoms with Gasteiger partial charge in [-0.15, -0.1) is 10.2 Å². The normalized spacial score (nSPS) is 25.9.